The van der Waals surface area contributed by atoms with E-state index < -0.39 is 0 Å². The molecule has 0 amide bonds. The summed E-state index contributed by atoms with van der Waals surface area (Å²) in [5.41, 5.74) is 0. The molecule has 15 heavy (non-hydrogen) atoms. The first-order valence-electron chi connectivity index (χ1n) is 6.32. The van der Waals surface area contributed by atoms with E-state index in [-0.39, 0.29) is 0 Å². The molecule has 0 aromatic carbocycles. The average Bonchev–Trinajstić information content (AvgIpc) is 2.26. The van der Waals surface area contributed by atoms with Crippen molar-refractivity contribution < 1.29 is 5.11 Å². The van der Waals surface area contributed by atoms with Crippen molar-refractivity contribution >= 4 is 0 Å². The third kappa shape index (κ3) is 13.4. The topological polar surface area (TPSA) is 20.2 Å². The van der Waals surface area contributed by atoms with Crippen LogP contribution in [0.25, 0.3) is 0 Å². The zero-order valence-electron chi connectivity index (χ0n) is 10.1. The first-order valence-corrected chi connectivity index (χ1v) is 6.32. The summed E-state index contributed by atoms with van der Waals surface area (Å²) in [6.45, 7) is 2.51. The molecule has 0 heterocycles. The Kier molecular flexibility index (Phi) is 12.9. The van der Waals surface area contributed by atoms with Crippen LogP contribution in [0.2, 0.25) is 0 Å². The summed E-state index contributed by atoms with van der Waals surface area (Å²) >= 11 is 0. The summed E-state index contributed by atoms with van der Waals surface area (Å²) in [4.78, 5) is 0. The van der Waals surface area contributed by atoms with E-state index in [9.17, 15) is 0 Å². The Morgan fingerprint density at radius 3 is 2.20 bits per heavy atom. The molecule has 0 aliphatic heterocycles. The maximum atomic E-state index is 8.59. The van der Waals surface area contributed by atoms with Crippen LogP contribution >= 0.6 is 0 Å². The fraction of sp³-hybridized carbons (Fsp3) is 0.714. The SMILES string of the molecule is CCC=CCC=CCCCCCCCO. The van der Waals surface area contributed by atoms with Gasteiger partial charge in [0.2, 0.25) is 0 Å². The highest BCUT2D eigenvalue weighted by atomic mass is 16.2. The lowest BCUT2D eigenvalue weighted by Gasteiger charge is -1.97. The summed E-state index contributed by atoms with van der Waals surface area (Å²) < 4.78 is 0. The van der Waals surface area contributed by atoms with Crippen molar-refractivity contribution in [3.05, 3.63) is 24.3 Å². The molecule has 0 saturated carbocycles. The molecule has 0 radical (unpaired) electrons. The van der Waals surface area contributed by atoms with Crippen molar-refractivity contribution in [3.63, 3.8) is 0 Å². The molecule has 0 atom stereocenters. The number of hydrogen-bond donors (Lipinski definition) is 1. The van der Waals surface area contributed by atoms with Crippen LogP contribution in [0.3, 0.4) is 0 Å². The van der Waals surface area contributed by atoms with Crippen LogP contribution < -0.4 is 0 Å². The van der Waals surface area contributed by atoms with E-state index >= 15 is 0 Å². The zero-order chi connectivity index (χ0) is 11.2. The summed E-state index contributed by atoms with van der Waals surface area (Å²) in [6, 6.07) is 0. The van der Waals surface area contributed by atoms with Gasteiger partial charge in [0.05, 0.1) is 0 Å². The Bertz CT molecular complexity index is 159. The lowest BCUT2D eigenvalue weighted by atomic mass is 10.1. The van der Waals surface area contributed by atoms with Crippen LogP contribution in [-0.4, -0.2) is 11.7 Å². The van der Waals surface area contributed by atoms with E-state index in [0.29, 0.717) is 6.61 Å². The second-order valence-electron chi connectivity index (χ2n) is 3.87. The van der Waals surface area contributed by atoms with E-state index in [1.807, 2.05) is 0 Å². The van der Waals surface area contributed by atoms with Gasteiger partial charge in [0, 0.05) is 6.61 Å². The number of unbranched alkanes of at least 4 members (excludes halogenated alkanes) is 5. The minimum atomic E-state index is 0.351. The third-order valence-electron chi connectivity index (χ3n) is 2.37. The molecule has 1 nitrogen and oxygen atoms in total. The Hall–Kier alpha value is -0.560. The normalized spacial score (nSPS) is 11.9. The molecule has 0 aromatic heterocycles. The van der Waals surface area contributed by atoms with Crippen LogP contribution in [0.5, 0.6) is 0 Å². The van der Waals surface area contributed by atoms with Gasteiger partial charge in [-0.15, -0.1) is 0 Å². The molecule has 0 bridgehead atoms. The smallest absolute Gasteiger partial charge is 0.0431 e. The van der Waals surface area contributed by atoms with Crippen LogP contribution in [0.4, 0.5) is 0 Å². The Labute approximate surface area is 94.9 Å². The Morgan fingerprint density at radius 2 is 1.47 bits per heavy atom. The van der Waals surface area contributed by atoms with E-state index in [1.165, 1.54) is 32.1 Å². The highest BCUT2D eigenvalue weighted by Crippen LogP contribution is 2.05. The fourth-order valence-corrected chi connectivity index (χ4v) is 1.46. The fourth-order valence-electron chi connectivity index (χ4n) is 1.46. The van der Waals surface area contributed by atoms with Gasteiger partial charge < -0.3 is 5.11 Å². The van der Waals surface area contributed by atoms with Crippen LogP contribution in [0.15, 0.2) is 24.3 Å². The quantitative estimate of drug-likeness (QED) is 0.422. The predicted molar refractivity (Wildman–Crippen MR) is 68.0 cm³/mol. The number of hydrogen-bond acceptors (Lipinski definition) is 1. The molecular weight excluding hydrogens is 184 g/mol. The van der Waals surface area contributed by atoms with Crippen molar-refractivity contribution in [1.82, 2.24) is 0 Å². The molecule has 1 N–H and O–H groups in total. The molecule has 0 saturated heterocycles. The number of aliphatic hydroxyl groups is 1. The van der Waals surface area contributed by atoms with Gasteiger partial charge in [0.1, 0.15) is 0 Å². The van der Waals surface area contributed by atoms with E-state index in [1.54, 1.807) is 0 Å². The van der Waals surface area contributed by atoms with Crippen molar-refractivity contribution in [2.45, 2.75) is 58.3 Å². The highest BCUT2D eigenvalue weighted by Gasteiger charge is 1.87. The largest absolute Gasteiger partial charge is 0.396 e. The first kappa shape index (κ1) is 14.4. The Morgan fingerprint density at radius 1 is 0.800 bits per heavy atom. The molecule has 1 heteroatoms. The molecule has 0 unspecified atom stereocenters. The van der Waals surface area contributed by atoms with Gasteiger partial charge in [0.25, 0.3) is 0 Å². The van der Waals surface area contributed by atoms with Crippen molar-refractivity contribution in [1.29, 1.82) is 0 Å². The number of aliphatic hydroxyl groups excluding tert-OH is 1. The van der Waals surface area contributed by atoms with Gasteiger partial charge in [-0.1, -0.05) is 50.5 Å². The standard InChI is InChI=1S/C14H26O/c1-2-3-4-5-6-7-8-9-10-11-12-13-14-15/h3-4,6-7,15H,2,5,8-14H2,1H3. The van der Waals surface area contributed by atoms with Crippen LogP contribution in [0.1, 0.15) is 58.3 Å². The van der Waals surface area contributed by atoms with Gasteiger partial charge in [0.15, 0.2) is 0 Å². The van der Waals surface area contributed by atoms with E-state index in [4.69, 9.17) is 5.11 Å². The summed E-state index contributed by atoms with van der Waals surface area (Å²) in [6.07, 6.45) is 18.4. The zero-order valence-corrected chi connectivity index (χ0v) is 10.1. The first-order chi connectivity index (χ1) is 7.41. The summed E-state index contributed by atoms with van der Waals surface area (Å²) in [5, 5.41) is 8.59. The van der Waals surface area contributed by atoms with E-state index in [2.05, 4.69) is 31.2 Å². The van der Waals surface area contributed by atoms with Gasteiger partial charge in [-0.2, -0.15) is 0 Å². The molecule has 0 rings (SSSR count). The van der Waals surface area contributed by atoms with Crippen LogP contribution in [0, 0.1) is 0 Å². The lowest BCUT2D eigenvalue weighted by Crippen LogP contribution is -1.83. The second kappa shape index (κ2) is 13.4. The van der Waals surface area contributed by atoms with Crippen molar-refractivity contribution in [3.8, 4) is 0 Å². The van der Waals surface area contributed by atoms with E-state index in [0.717, 1.165) is 19.3 Å². The highest BCUT2D eigenvalue weighted by molar-refractivity contribution is 4.92. The molecule has 0 aliphatic rings. The minimum Gasteiger partial charge on any atom is -0.396 e. The molecule has 0 aliphatic carbocycles. The second-order valence-corrected chi connectivity index (χ2v) is 3.87. The van der Waals surface area contributed by atoms with Crippen molar-refractivity contribution in [2.24, 2.45) is 0 Å². The van der Waals surface area contributed by atoms with Gasteiger partial charge in [-0.3, -0.25) is 0 Å². The molecule has 88 valence electrons. The summed E-state index contributed by atoms with van der Waals surface area (Å²) in [7, 11) is 0. The maximum absolute atomic E-state index is 8.59. The molecular formula is C14H26O. The van der Waals surface area contributed by atoms with Gasteiger partial charge in [-0.05, 0) is 32.1 Å². The number of rotatable bonds is 10. The Balaban J connectivity index is 3.06. The minimum absolute atomic E-state index is 0.351. The maximum Gasteiger partial charge on any atom is 0.0431 e. The molecule has 0 spiro atoms. The monoisotopic (exact) mass is 210 g/mol. The van der Waals surface area contributed by atoms with Crippen LogP contribution in [-0.2, 0) is 0 Å². The summed E-state index contributed by atoms with van der Waals surface area (Å²) in [5.74, 6) is 0. The van der Waals surface area contributed by atoms with Gasteiger partial charge >= 0.3 is 0 Å². The average molecular weight is 210 g/mol. The number of allylic oxidation sites excluding steroid dienone is 4. The van der Waals surface area contributed by atoms with Crippen molar-refractivity contribution in [2.75, 3.05) is 6.61 Å². The lowest BCUT2D eigenvalue weighted by molar-refractivity contribution is 0.282. The molecule has 0 fully saturated rings. The van der Waals surface area contributed by atoms with Gasteiger partial charge in [-0.25, -0.2) is 0 Å². The third-order valence-corrected chi connectivity index (χ3v) is 2.37. The predicted octanol–water partition coefficient (Wildman–Crippen LogP) is 4.23. The molecule has 0 aromatic rings.